The van der Waals surface area contributed by atoms with Crippen molar-refractivity contribution in [3.63, 3.8) is 0 Å². The number of piperidine rings is 1. The molecule has 0 aromatic carbocycles. The number of likely N-dealkylation sites (tertiary alicyclic amines) is 1. The molecule has 112 valence electrons. The van der Waals surface area contributed by atoms with Gasteiger partial charge in [0.05, 0.1) is 0 Å². The molecule has 2 aliphatic rings. The molecule has 1 N–H and O–H groups in total. The van der Waals surface area contributed by atoms with Crippen LogP contribution in [-0.2, 0) is 4.79 Å². The van der Waals surface area contributed by atoms with Gasteiger partial charge in [0.1, 0.15) is 0 Å². The summed E-state index contributed by atoms with van der Waals surface area (Å²) in [5.41, 5.74) is 0. The Hall–Kier alpha value is 0.0700. The van der Waals surface area contributed by atoms with Crippen molar-refractivity contribution >= 4 is 30.1 Å². The highest BCUT2D eigenvalue weighted by Crippen LogP contribution is 2.26. The molecule has 0 spiro atoms. The maximum absolute atomic E-state index is 12.4. The zero-order valence-corrected chi connectivity index (χ0v) is 13.5. The van der Waals surface area contributed by atoms with E-state index in [-0.39, 0.29) is 12.4 Å². The number of hydrogen-bond acceptors (Lipinski definition) is 3. The zero-order chi connectivity index (χ0) is 12.8. The maximum atomic E-state index is 12.4. The molecule has 1 amide bonds. The number of nitrogens with zero attached hydrogens (tertiary/aromatic N) is 1. The van der Waals surface area contributed by atoms with E-state index in [4.69, 9.17) is 0 Å². The zero-order valence-electron chi connectivity index (χ0n) is 11.9. The number of rotatable bonds is 4. The number of carbonyl (C=O) groups excluding carboxylic acids is 1. The second-order valence-electron chi connectivity index (χ2n) is 5.46. The van der Waals surface area contributed by atoms with Gasteiger partial charge in [-0.3, -0.25) is 4.79 Å². The molecule has 0 unspecified atom stereocenters. The van der Waals surface area contributed by atoms with Crippen molar-refractivity contribution in [2.45, 2.75) is 32.6 Å². The van der Waals surface area contributed by atoms with Crippen LogP contribution in [0.2, 0.25) is 0 Å². The smallest absolute Gasteiger partial charge is 0.225 e. The van der Waals surface area contributed by atoms with Gasteiger partial charge in [-0.2, -0.15) is 11.8 Å². The third-order valence-corrected chi connectivity index (χ3v) is 5.23. The molecular formula is C14H27ClN2OS. The van der Waals surface area contributed by atoms with Crippen LogP contribution in [0, 0.1) is 11.8 Å². The minimum Gasteiger partial charge on any atom is -0.342 e. The second-order valence-corrected chi connectivity index (χ2v) is 6.69. The van der Waals surface area contributed by atoms with Crippen molar-refractivity contribution in [3.8, 4) is 0 Å². The Bertz CT molecular complexity index is 264. The van der Waals surface area contributed by atoms with Crippen LogP contribution in [0.5, 0.6) is 0 Å². The van der Waals surface area contributed by atoms with Crippen LogP contribution >= 0.6 is 24.2 Å². The summed E-state index contributed by atoms with van der Waals surface area (Å²) < 4.78 is 0. The summed E-state index contributed by atoms with van der Waals surface area (Å²) in [7, 11) is 0. The first-order chi connectivity index (χ1) is 8.81. The highest BCUT2D eigenvalue weighted by molar-refractivity contribution is 7.99. The van der Waals surface area contributed by atoms with Crippen LogP contribution in [0.1, 0.15) is 32.6 Å². The lowest BCUT2D eigenvalue weighted by molar-refractivity contribution is -0.137. The van der Waals surface area contributed by atoms with Crippen molar-refractivity contribution in [2.24, 2.45) is 11.8 Å². The van der Waals surface area contributed by atoms with Crippen LogP contribution < -0.4 is 5.32 Å². The van der Waals surface area contributed by atoms with E-state index >= 15 is 0 Å². The van der Waals surface area contributed by atoms with Crippen molar-refractivity contribution in [1.82, 2.24) is 10.2 Å². The van der Waals surface area contributed by atoms with E-state index in [1.807, 2.05) is 11.8 Å². The summed E-state index contributed by atoms with van der Waals surface area (Å²) in [5, 5.41) is 3.42. The summed E-state index contributed by atoms with van der Waals surface area (Å²) in [6, 6.07) is 0. The van der Waals surface area contributed by atoms with Crippen LogP contribution in [0.3, 0.4) is 0 Å². The van der Waals surface area contributed by atoms with E-state index in [0.717, 1.165) is 44.9 Å². The Morgan fingerprint density at radius 1 is 1.21 bits per heavy atom. The van der Waals surface area contributed by atoms with Gasteiger partial charge in [0.25, 0.3) is 0 Å². The SMILES string of the molecule is CCNCC1CCN(C(=O)C2CCSCC2)CC1.Cl. The highest BCUT2D eigenvalue weighted by atomic mass is 35.5. The normalized spacial score (nSPS) is 22.1. The molecule has 2 fully saturated rings. The minimum atomic E-state index is 0. The van der Waals surface area contributed by atoms with E-state index in [9.17, 15) is 4.79 Å². The summed E-state index contributed by atoms with van der Waals surface area (Å²) in [4.78, 5) is 14.5. The molecule has 0 saturated carbocycles. The summed E-state index contributed by atoms with van der Waals surface area (Å²) in [6.07, 6.45) is 4.56. The molecule has 2 saturated heterocycles. The number of hydrogen-bond donors (Lipinski definition) is 1. The van der Waals surface area contributed by atoms with E-state index in [2.05, 4.69) is 17.1 Å². The van der Waals surface area contributed by atoms with E-state index in [1.54, 1.807) is 0 Å². The van der Waals surface area contributed by atoms with Crippen LogP contribution in [0.15, 0.2) is 0 Å². The minimum absolute atomic E-state index is 0. The third kappa shape index (κ3) is 5.16. The number of halogens is 1. The molecular weight excluding hydrogens is 280 g/mol. The standard InChI is InChI=1S/C14H26N2OS.ClH/c1-2-15-11-12-3-7-16(8-4-12)14(17)13-5-9-18-10-6-13;/h12-13,15H,2-11H2,1H3;1H. The number of thioether (sulfide) groups is 1. The Kier molecular flexibility index (Phi) is 8.19. The number of nitrogens with one attached hydrogen (secondary N) is 1. The van der Waals surface area contributed by atoms with Crippen molar-refractivity contribution in [3.05, 3.63) is 0 Å². The van der Waals surface area contributed by atoms with Gasteiger partial charge in [0, 0.05) is 19.0 Å². The molecule has 5 heteroatoms. The molecule has 19 heavy (non-hydrogen) atoms. The first kappa shape index (κ1) is 17.1. The fourth-order valence-electron chi connectivity index (χ4n) is 2.91. The summed E-state index contributed by atoms with van der Waals surface area (Å²) in [6.45, 7) is 6.30. The Balaban J connectivity index is 0.00000180. The monoisotopic (exact) mass is 306 g/mol. The molecule has 3 nitrogen and oxygen atoms in total. The molecule has 2 aliphatic heterocycles. The number of amides is 1. The lowest BCUT2D eigenvalue weighted by Gasteiger charge is -2.35. The van der Waals surface area contributed by atoms with Crippen molar-refractivity contribution in [2.75, 3.05) is 37.7 Å². The maximum Gasteiger partial charge on any atom is 0.225 e. The summed E-state index contributed by atoms with van der Waals surface area (Å²) in [5.74, 6) is 3.89. The highest BCUT2D eigenvalue weighted by Gasteiger charge is 2.28. The van der Waals surface area contributed by atoms with Gasteiger partial charge in [0.15, 0.2) is 0 Å². The second kappa shape index (κ2) is 9.09. The Morgan fingerprint density at radius 3 is 2.42 bits per heavy atom. The van der Waals surface area contributed by atoms with E-state index < -0.39 is 0 Å². The van der Waals surface area contributed by atoms with Crippen LogP contribution in [-0.4, -0.2) is 48.5 Å². The average Bonchev–Trinajstić information content (AvgIpc) is 2.46. The van der Waals surface area contributed by atoms with Crippen LogP contribution in [0.4, 0.5) is 0 Å². The van der Waals surface area contributed by atoms with Crippen LogP contribution in [0.25, 0.3) is 0 Å². The quantitative estimate of drug-likeness (QED) is 0.865. The molecule has 0 radical (unpaired) electrons. The lowest BCUT2D eigenvalue weighted by atomic mass is 9.94. The van der Waals surface area contributed by atoms with Gasteiger partial charge in [0.2, 0.25) is 5.91 Å². The Morgan fingerprint density at radius 2 is 1.84 bits per heavy atom. The van der Waals surface area contributed by atoms with Crippen molar-refractivity contribution < 1.29 is 4.79 Å². The van der Waals surface area contributed by atoms with Gasteiger partial charge in [-0.15, -0.1) is 12.4 Å². The van der Waals surface area contributed by atoms with Gasteiger partial charge >= 0.3 is 0 Å². The molecule has 0 aliphatic carbocycles. The molecule has 0 bridgehead atoms. The predicted octanol–water partition coefficient (Wildman–Crippen LogP) is 2.40. The Labute approximate surface area is 127 Å². The third-order valence-electron chi connectivity index (χ3n) is 4.18. The largest absolute Gasteiger partial charge is 0.342 e. The molecule has 0 aromatic rings. The van der Waals surface area contributed by atoms with E-state index in [0.29, 0.717) is 11.8 Å². The van der Waals surface area contributed by atoms with Gasteiger partial charge in [-0.05, 0) is 56.2 Å². The van der Waals surface area contributed by atoms with Gasteiger partial charge in [-0.25, -0.2) is 0 Å². The molecule has 0 atom stereocenters. The predicted molar refractivity (Wildman–Crippen MR) is 85.1 cm³/mol. The fourth-order valence-corrected chi connectivity index (χ4v) is 4.02. The first-order valence-electron chi connectivity index (χ1n) is 7.38. The van der Waals surface area contributed by atoms with E-state index in [1.165, 1.54) is 24.3 Å². The molecule has 2 heterocycles. The molecule has 0 aromatic heterocycles. The fraction of sp³-hybridized carbons (Fsp3) is 0.929. The average molecular weight is 307 g/mol. The van der Waals surface area contributed by atoms with Gasteiger partial charge < -0.3 is 10.2 Å². The first-order valence-corrected chi connectivity index (χ1v) is 8.54. The summed E-state index contributed by atoms with van der Waals surface area (Å²) >= 11 is 1.99. The van der Waals surface area contributed by atoms with Crippen molar-refractivity contribution in [1.29, 1.82) is 0 Å². The lowest BCUT2D eigenvalue weighted by Crippen LogP contribution is -2.44. The molecule has 2 rings (SSSR count). The topological polar surface area (TPSA) is 32.3 Å². The van der Waals surface area contributed by atoms with Gasteiger partial charge in [-0.1, -0.05) is 6.92 Å². The number of carbonyl (C=O) groups is 1.